The minimum Gasteiger partial charge on any atom is -0.476 e. The highest BCUT2D eigenvalue weighted by molar-refractivity contribution is 9.10. The molecule has 3 rings (SSSR count). The quantitative estimate of drug-likeness (QED) is 0.908. The van der Waals surface area contributed by atoms with Crippen LogP contribution in [0.3, 0.4) is 0 Å². The number of rotatable bonds is 4. The lowest BCUT2D eigenvalue weighted by Gasteiger charge is -2.38. The van der Waals surface area contributed by atoms with Crippen molar-refractivity contribution in [2.75, 3.05) is 13.1 Å². The average Bonchev–Trinajstić information content (AvgIpc) is 2.81. The van der Waals surface area contributed by atoms with Crippen molar-refractivity contribution in [3.8, 4) is 0 Å². The Morgan fingerprint density at radius 3 is 2.81 bits per heavy atom. The molecule has 6 nitrogen and oxygen atoms in total. The number of carboxylic acid groups (broad SMARTS) is 1. The van der Waals surface area contributed by atoms with Gasteiger partial charge >= 0.3 is 5.97 Å². The Bertz CT molecular complexity index is 664. The van der Waals surface area contributed by atoms with Gasteiger partial charge in [0.25, 0.3) is 0 Å². The van der Waals surface area contributed by atoms with Gasteiger partial charge in [-0.05, 0) is 23.8 Å². The monoisotopic (exact) mass is 354 g/mol. The van der Waals surface area contributed by atoms with Crippen LogP contribution in [0.25, 0.3) is 0 Å². The predicted octanol–water partition coefficient (Wildman–Crippen LogP) is 1.93. The first-order chi connectivity index (χ1) is 10.0. The summed E-state index contributed by atoms with van der Waals surface area (Å²) >= 11 is 3.27. The smallest absolute Gasteiger partial charge is 0.358 e. The Balaban J connectivity index is 1.59. The lowest BCUT2D eigenvalue weighted by Crippen LogP contribution is -2.47. The van der Waals surface area contributed by atoms with Crippen molar-refractivity contribution in [1.82, 2.24) is 19.9 Å². The van der Waals surface area contributed by atoms with E-state index in [0.717, 1.165) is 23.1 Å². The molecule has 1 saturated heterocycles. The van der Waals surface area contributed by atoms with Gasteiger partial charge in [-0.3, -0.25) is 4.90 Å². The molecule has 110 valence electrons. The Labute approximate surface area is 128 Å². The maximum Gasteiger partial charge on any atom is 0.358 e. The predicted molar refractivity (Wildman–Crippen MR) is 75.4 cm³/mol. The van der Waals surface area contributed by atoms with Crippen LogP contribution in [-0.4, -0.2) is 44.1 Å². The highest BCUT2D eigenvalue weighted by Crippen LogP contribution is 2.24. The van der Waals surface area contributed by atoms with Gasteiger partial charge in [0.05, 0.1) is 12.2 Å². The van der Waals surface area contributed by atoms with Crippen LogP contribution in [0.2, 0.25) is 0 Å². The van der Waals surface area contributed by atoms with E-state index in [0.29, 0.717) is 6.54 Å². The second kappa shape index (κ2) is 5.53. The van der Waals surface area contributed by atoms with Crippen LogP contribution in [0.1, 0.15) is 22.1 Å². The molecule has 1 aliphatic rings. The van der Waals surface area contributed by atoms with Crippen LogP contribution < -0.4 is 0 Å². The van der Waals surface area contributed by atoms with Crippen molar-refractivity contribution in [2.45, 2.75) is 12.6 Å². The van der Waals surface area contributed by atoms with Gasteiger partial charge in [-0.15, -0.1) is 5.10 Å². The fraction of sp³-hybridized carbons (Fsp3) is 0.308. The lowest BCUT2D eigenvalue weighted by atomic mass is 10.1. The van der Waals surface area contributed by atoms with Gasteiger partial charge in [-0.25, -0.2) is 13.9 Å². The number of carbonyl (C=O) groups is 1. The number of nitrogens with zero attached hydrogens (tertiary/aromatic N) is 4. The Morgan fingerprint density at radius 2 is 2.19 bits per heavy atom. The molecular formula is C13H12BrFN4O2. The third kappa shape index (κ3) is 3.11. The van der Waals surface area contributed by atoms with Gasteiger partial charge in [-0.2, -0.15) is 0 Å². The van der Waals surface area contributed by atoms with Gasteiger partial charge in [0.2, 0.25) is 0 Å². The highest BCUT2D eigenvalue weighted by Gasteiger charge is 2.29. The van der Waals surface area contributed by atoms with E-state index < -0.39 is 5.97 Å². The summed E-state index contributed by atoms with van der Waals surface area (Å²) in [5.74, 6) is -1.35. The van der Waals surface area contributed by atoms with Crippen LogP contribution >= 0.6 is 15.9 Å². The summed E-state index contributed by atoms with van der Waals surface area (Å²) in [5.41, 5.74) is 0.840. The fourth-order valence-electron chi connectivity index (χ4n) is 2.35. The van der Waals surface area contributed by atoms with Crippen molar-refractivity contribution in [3.63, 3.8) is 0 Å². The zero-order chi connectivity index (χ0) is 15.0. The number of aromatic nitrogens is 3. The topological polar surface area (TPSA) is 71.2 Å². The number of halogens is 2. The zero-order valence-electron chi connectivity index (χ0n) is 10.9. The Hall–Kier alpha value is -1.80. The van der Waals surface area contributed by atoms with Gasteiger partial charge in [0.15, 0.2) is 5.69 Å². The molecule has 0 spiro atoms. The standard InChI is InChI=1S/C13H12BrFN4O2/c14-9-1-8(2-10(15)3-9)4-18-5-11(6-18)19-7-12(13(20)21)16-17-19/h1-3,7,11H,4-6H2,(H,20,21). The summed E-state index contributed by atoms with van der Waals surface area (Å²) in [7, 11) is 0. The third-order valence-electron chi connectivity index (χ3n) is 3.37. The molecule has 0 bridgehead atoms. The maximum absolute atomic E-state index is 13.3. The number of hydrogen-bond donors (Lipinski definition) is 1. The van der Waals surface area contributed by atoms with E-state index in [1.165, 1.54) is 18.3 Å². The molecule has 1 N–H and O–H groups in total. The van der Waals surface area contributed by atoms with E-state index in [1.54, 1.807) is 4.68 Å². The van der Waals surface area contributed by atoms with Crippen molar-refractivity contribution in [2.24, 2.45) is 0 Å². The van der Waals surface area contributed by atoms with E-state index in [1.807, 2.05) is 6.07 Å². The van der Waals surface area contributed by atoms with Crippen LogP contribution in [0.4, 0.5) is 4.39 Å². The molecule has 0 radical (unpaired) electrons. The summed E-state index contributed by atoms with van der Waals surface area (Å²) in [4.78, 5) is 12.9. The van der Waals surface area contributed by atoms with E-state index in [9.17, 15) is 9.18 Å². The fourth-order valence-corrected chi connectivity index (χ4v) is 2.87. The molecule has 2 heterocycles. The molecule has 0 amide bonds. The SMILES string of the molecule is O=C(O)c1cn(C2CN(Cc3cc(F)cc(Br)c3)C2)nn1. The number of hydrogen-bond acceptors (Lipinski definition) is 4. The first-order valence-corrected chi connectivity index (χ1v) is 7.13. The Morgan fingerprint density at radius 1 is 1.43 bits per heavy atom. The van der Waals surface area contributed by atoms with Gasteiger partial charge in [0.1, 0.15) is 5.82 Å². The zero-order valence-corrected chi connectivity index (χ0v) is 12.5. The van der Waals surface area contributed by atoms with E-state index >= 15 is 0 Å². The Kier molecular flexibility index (Phi) is 3.73. The largest absolute Gasteiger partial charge is 0.476 e. The molecule has 21 heavy (non-hydrogen) atoms. The van der Waals surface area contributed by atoms with Crippen LogP contribution in [-0.2, 0) is 6.54 Å². The van der Waals surface area contributed by atoms with Crippen LogP contribution in [0.15, 0.2) is 28.9 Å². The van der Waals surface area contributed by atoms with Crippen molar-refractivity contribution in [1.29, 1.82) is 0 Å². The summed E-state index contributed by atoms with van der Waals surface area (Å²) < 4.78 is 15.6. The molecule has 0 saturated carbocycles. The number of carboxylic acids is 1. The number of benzene rings is 1. The summed E-state index contributed by atoms with van der Waals surface area (Å²) in [6.07, 6.45) is 1.43. The summed E-state index contributed by atoms with van der Waals surface area (Å²) in [6.45, 7) is 2.11. The molecule has 1 aromatic carbocycles. The molecule has 1 aliphatic heterocycles. The molecule has 0 atom stereocenters. The third-order valence-corrected chi connectivity index (χ3v) is 3.83. The van der Waals surface area contributed by atoms with Gasteiger partial charge in [-0.1, -0.05) is 21.1 Å². The summed E-state index contributed by atoms with van der Waals surface area (Å²) in [6, 6.07) is 4.93. The molecule has 0 unspecified atom stereocenters. The second-order valence-corrected chi connectivity index (χ2v) is 5.93. The van der Waals surface area contributed by atoms with E-state index in [4.69, 9.17) is 5.11 Å². The number of aromatic carboxylic acids is 1. The molecular weight excluding hydrogens is 343 g/mol. The number of likely N-dealkylation sites (tertiary alicyclic amines) is 1. The van der Waals surface area contributed by atoms with Crippen molar-refractivity contribution < 1.29 is 14.3 Å². The van der Waals surface area contributed by atoms with Crippen LogP contribution in [0.5, 0.6) is 0 Å². The van der Waals surface area contributed by atoms with Gasteiger partial charge < -0.3 is 5.11 Å². The van der Waals surface area contributed by atoms with Crippen molar-refractivity contribution >= 4 is 21.9 Å². The van der Waals surface area contributed by atoms with E-state index in [2.05, 4.69) is 31.1 Å². The van der Waals surface area contributed by atoms with Gasteiger partial charge in [0, 0.05) is 24.1 Å². The van der Waals surface area contributed by atoms with Crippen LogP contribution in [0, 0.1) is 5.82 Å². The maximum atomic E-state index is 13.3. The first-order valence-electron chi connectivity index (χ1n) is 6.34. The second-order valence-electron chi connectivity index (χ2n) is 5.01. The molecule has 0 aliphatic carbocycles. The summed E-state index contributed by atoms with van der Waals surface area (Å²) in [5, 5.41) is 16.2. The normalized spacial score (nSPS) is 15.9. The molecule has 1 fully saturated rings. The van der Waals surface area contributed by atoms with Crippen molar-refractivity contribution in [3.05, 3.63) is 45.9 Å². The molecule has 8 heteroatoms. The minimum absolute atomic E-state index is 0.0532. The first kappa shape index (κ1) is 14.2. The minimum atomic E-state index is -1.08. The highest BCUT2D eigenvalue weighted by atomic mass is 79.9. The lowest BCUT2D eigenvalue weighted by molar-refractivity contribution is 0.0690. The average molecular weight is 355 g/mol. The molecule has 1 aromatic heterocycles. The van der Waals surface area contributed by atoms with E-state index in [-0.39, 0.29) is 17.6 Å². The molecule has 2 aromatic rings.